The first kappa shape index (κ1) is 27.6. The Morgan fingerprint density at radius 1 is 0.769 bits per heavy atom. The normalized spacial score (nSPS) is 21.4. The number of hydrogen-bond donors (Lipinski definition) is 0. The van der Waals surface area contributed by atoms with E-state index < -0.39 is 11.6 Å². The van der Waals surface area contributed by atoms with Crippen LogP contribution in [0.4, 0.5) is 13.2 Å². The highest BCUT2D eigenvalue weighted by Gasteiger charge is 2.29. The summed E-state index contributed by atoms with van der Waals surface area (Å²) in [5.41, 5.74) is 4.65. The van der Waals surface area contributed by atoms with E-state index in [1.54, 1.807) is 38.2 Å². The lowest BCUT2D eigenvalue weighted by Crippen LogP contribution is -2.23. The number of hydrogen-bond acceptors (Lipinski definition) is 0. The summed E-state index contributed by atoms with van der Waals surface area (Å²) < 4.78 is 44.1. The van der Waals surface area contributed by atoms with Crippen LogP contribution in [0.15, 0.2) is 73.3 Å². The molecule has 0 saturated heterocycles. The third-order valence-corrected chi connectivity index (χ3v) is 9.18. The molecule has 0 N–H and O–H groups in total. The lowest BCUT2D eigenvalue weighted by atomic mass is 9.70. The molecule has 0 amide bonds. The molecule has 4 heteroatoms. The van der Waals surface area contributed by atoms with E-state index in [1.807, 2.05) is 30.3 Å². The molecule has 1 fully saturated rings. The molecule has 0 bridgehead atoms. The predicted molar refractivity (Wildman–Crippen MR) is 160 cm³/mol. The zero-order valence-electron chi connectivity index (χ0n) is 23.0. The first-order chi connectivity index (χ1) is 19.0. The molecule has 2 aliphatic rings. The molecule has 1 atom stereocenters. The fraction of sp³-hybridized carbons (Fsp3) is 0.371. The van der Waals surface area contributed by atoms with Crippen molar-refractivity contribution in [2.45, 2.75) is 64.1 Å². The maximum Gasteiger partial charge on any atom is 0.166 e. The fourth-order valence-corrected chi connectivity index (χ4v) is 6.71. The summed E-state index contributed by atoms with van der Waals surface area (Å²) in [4.78, 5) is 0. The van der Waals surface area contributed by atoms with Crippen molar-refractivity contribution >= 4 is 13.4 Å². The van der Waals surface area contributed by atoms with E-state index in [-0.39, 0.29) is 11.4 Å². The van der Waals surface area contributed by atoms with Crippen LogP contribution < -0.4 is 0 Å². The minimum Gasteiger partial charge on any atom is -0.206 e. The molecule has 3 aromatic rings. The Kier molecular flexibility index (Phi) is 8.80. The minimum absolute atomic E-state index is 0.202. The van der Waals surface area contributed by atoms with Gasteiger partial charge in [-0.3, -0.25) is 0 Å². The number of halogens is 3. The van der Waals surface area contributed by atoms with Gasteiger partial charge in [-0.15, -0.1) is 6.58 Å². The van der Waals surface area contributed by atoms with E-state index in [4.69, 9.17) is 0 Å². The Bertz CT molecular complexity index is 1330. The molecule has 202 valence electrons. The molecule has 5 rings (SSSR count). The van der Waals surface area contributed by atoms with Crippen LogP contribution in [0.2, 0.25) is 0 Å². The van der Waals surface area contributed by atoms with Gasteiger partial charge in [-0.1, -0.05) is 79.8 Å². The highest BCUT2D eigenvalue weighted by molar-refractivity contribution is 6.08. The Labute approximate surface area is 232 Å². The first-order valence-corrected chi connectivity index (χ1v) is 14.7. The smallest absolute Gasteiger partial charge is 0.166 e. The highest BCUT2D eigenvalue weighted by atomic mass is 19.2. The van der Waals surface area contributed by atoms with Crippen molar-refractivity contribution in [1.82, 2.24) is 0 Å². The molecule has 0 nitrogen and oxygen atoms in total. The SMILES string of the molecule is BCc1ccc(-c2ccc(-c3ccc(C4=CCC(C5CCC(CCC=C)CC5)CC4)c(F)c3)cc2)c(F)c1F. The van der Waals surface area contributed by atoms with Gasteiger partial charge in [0.25, 0.3) is 0 Å². The molecular formula is C35H38BF3. The van der Waals surface area contributed by atoms with Gasteiger partial charge < -0.3 is 0 Å². The summed E-state index contributed by atoms with van der Waals surface area (Å²) in [7, 11) is 1.80. The average molecular weight is 526 g/mol. The van der Waals surface area contributed by atoms with Crippen LogP contribution in [0.5, 0.6) is 0 Å². The van der Waals surface area contributed by atoms with E-state index in [2.05, 4.69) is 12.7 Å². The second-order valence-electron chi connectivity index (χ2n) is 11.4. The van der Waals surface area contributed by atoms with Gasteiger partial charge in [-0.2, -0.15) is 0 Å². The van der Waals surface area contributed by atoms with E-state index in [0.29, 0.717) is 23.0 Å². The van der Waals surface area contributed by atoms with Crippen molar-refractivity contribution in [1.29, 1.82) is 0 Å². The molecule has 39 heavy (non-hydrogen) atoms. The summed E-state index contributed by atoms with van der Waals surface area (Å²) in [6, 6.07) is 15.9. The van der Waals surface area contributed by atoms with Gasteiger partial charge in [0.2, 0.25) is 0 Å². The van der Waals surface area contributed by atoms with Crippen molar-refractivity contribution in [3.05, 3.63) is 102 Å². The molecule has 0 spiro atoms. The van der Waals surface area contributed by atoms with Gasteiger partial charge in [-0.25, -0.2) is 13.2 Å². The first-order valence-electron chi connectivity index (χ1n) is 14.7. The molecule has 1 saturated carbocycles. The Hall–Kier alpha value is -3.01. The zero-order valence-corrected chi connectivity index (χ0v) is 23.0. The van der Waals surface area contributed by atoms with Gasteiger partial charge in [0.05, 0.1) is 0 Å². The van der Waals surface area contributed by atoms with Gasteiger partial charge in [-0.05, 0) is 96.6 Å². The van der Waals surface area contributed by atoms with E-state index in [9.17, 15) is 8.78 Å². The Morgan fingerprint density at radius 2 is 1.46 bits per heavy atom. The van der Waals surface area contributed by atoms with Gasteiger partial charge in [0, 0.05) is 11.1 Å². The summed E-state index contributed by atoms with van der Waals surface area (Å²) in [6.07, 6.45) is 15.7. The second-order valence-corrected chi connectivity index (χ2v) is 11.4. The van der Waals surface area contributed by atoms with Crippen molar-refractivity contribution < 1.29 is 13.2 Å². The molecule has 0 aromatic heterocycles. The van der Waals surface area contributed by atoms with E-state index in [1.165, 1.54) is 32.1 Å². The molecule has 3 aromatic carbocycles. The number of allylic oxidation sites excluding steroid dienone is 3. The average Bonchev–Trinajstić information content (AvgIpc) is 2.98. The van der Waals surface area contributed by atoms with Gasteiger partial charge >= 0.3 is 0 Å². The standard InChI is InChI=1S/C35H38BF3/c1-2-3-4-23-5-7-24(8-6-23)25-9-13-27(14-10-25)31-19-17-29(21-33(31)37)26-11-15-28(16-12-26)32-20-18-30(22-36)34(38)35(32)39/h2,11-13,15-21,23-25H,1,3-10,14,22,36H2. The van der Waals surface area contributed by atoms with E-state index in [0.717, 1.165) is 60.1 Å². The second kappa shape index (κ2) is 12.4. The highest BCUT2D eigenvalue weighted by Crippen LogP contribution is 2.42. The molecule has 1 unspecified atom stereocenters. The van der Waals surface area contributed by atoms with Crippen molar-refractivity contribution in [2.24, 2.45) is 17.8 Å². The van der Waals surface area contributed by atoms with Crippen LogP contribution in [0.3, 0.4) is 0 Å². The van der Waals surface area contributed by atoms with Gasteiger partial charge in [0.15, 0.2) is 11.6 Å². The predicted octanol–water partition coefficient (Wildman–Crippen LogP) is 9.53. The summed E-state index contributed by atoms with van der Waals surface area (Å²) in [5, 5.41) is 0. The van der Waals surface area contributed by atoms with Crippen LogP contribution >= 0.6 is 0 Å². The fourth-order valence-electron chi connectivity index (χ4n) is 6.71. The van der Waals surface area contributed by atoms with Crippen LogP contribution in [-0.4, -0.2) is 7.85 Å². The minimum atomic E-state index is -0.823. The lowest BCUT2D eigenvalue weighted by molar-refractivity contribution is 0.190. The molecule has 0 aliphatic heterocycles. The summed E-state index contributed by atoms with van der Waals surface area (Å²) >= 11 is 0. The van der Waals surface area contributed by atoms with Crippen molar-refractivity contribution in [3.8, 4) is 22.3 Å². The van der Waals surface area contributed by atoms with Crippen molar-refractivity contribution in [3.63, 3.8) is 0 Å². The quantitative estimate of drug-likeness (QED) is 0.203. The third-order valence-electron chi connectivity index (χ3n) is 9.18. The monoisotopic (exact) mass is 526 g/mol. The van der Waals surface area contributed by atoms with E-state index >= 15 is 4.39 Å². The maximum atomic E-state index is 15.3. The number of benzene rings is 3. The van der Waals surface area contributed by atoms with Crippen LogP contribution in [0.1, 0.15) is 68.9 Å². The maximum absolute atomic E-state index is 15.3. The zero-order chi connectivity index (χ0) is 27.4. The van der Waals surface area contributed by atoms with Crippen molar-refractivity contribution in [2.75, 3.05) is 0 Å². The molecule has 0 heterocycles. The Morgan fingerprint density at radius 3 is 2.10 bits per heavy atom. The summed E-state index contributed by atoms with van der Waals surface area (Å²) in [6.45, 7) is 3.86. The van der Waals surface area contributed by atoms with Crippen LogP contribution in [0.25, 0.3) is 27.8 Å². The lowest BCUT2D eigenvalue weighted by Gasteiger charge is -2.35. The molecular weight excluding hydrogens is 488 g/mol. The topological polar surface area (TPSA) is 0 Å². The Balaban J connectivity index is 1.24. The third kappa shape index (κ3) is 6.11. The molecule has 2 aliphatic carbocycles. The van der Waals surface area contributed by atoms with Gasteiger partial charge in [0.1, 0.15) is 13.7 Å². The van der Waals surface area contributed by atoms with Crippen LogP contribution in [-0.2, 0) is 6.32 Å². The summed E-state index contributed by atoms with van der Waals surface area (Å²) in [5.74, 6) is 0.601. The molecule has 0 radical (unpaired) electrons. The number of rotatable bonds is 8. The largest absolute Gasteiger partial charge is 0.206 e. The van der Waals surface area contributed by atoms with Crippen LogP contribution in [0, 0.1) is 35.2 Å².